The van der Waals surface area contributed by atoms with Crippen molar-refractivity contribution in [1.29, 1.82) is 0 Å². The van der Waals surface area contributed by atoms with Gasteiger partial charge in [-0.05, 0) is 43.5 Å². The van der Waals surface area contributed by atoms with E-state index >= 15 is 0 Å². The van der Waals surface area contributed by atoms with Crippen molar-refractivity contribution in [3.63, 3.8) is 0 Å². The zero-order valence-electron chi connectivity index (χ0n) is 13.1. The normalized spacial score (nSPS) is 10.5. The number of hydrogen-bond donors (Lipinski definition) is 2. The average Bonchev–Trinajstić information content (AvgIpc) is 2.45. The number of amides is 1. The summed E-state index contributed by atoms with van der Waals surface area (Å²) in [6.45, 7) is 7.77. The molecule has 0 spiro atoms. The van der Waals surface area contributed by atoms with E-state index in [1.54, 1.807) is 0 Å². The third-order valence-corrected chi connectivity index (χ3v) is 2.81. The molecule has 0 heterocycles. The highest BCUT2D eigenvalue weighted by Gasteiger charge is 2.09. The van der Waals surface area contributed by atoms with Crippen molar-refractivity contribution >= 4 is 5.91 Å². The predicted molar refractivity (Wildman–Crippen MR) is 83.7 cm³/mol. The van der Waals surface area contributed by atoms with E-state index in [-0.39, 0.29) is 12.5 Å². The minimum absolute atomic E-state index is 0.0109. The molecule has 0 aliphatic heterocycles. The molecule has 0 saturated carbocycles. The molecule has 1 aromatic carbocycles. The molecule has 0 aliphatic carbocycles. The second kappa shape index (κ2) is 9.23. The van der Waals surface area contributed by atoms with Crippen molar-refractivity contribution in [1.82, 2.24) is 5.32 Å². The number of benzene rings is 1. The molecule has 0 aliphatic rings. The molecule has 5 nitrogen and oxygen atoms in total. The summed E-state index contributed by atoms with van der Waals surface area (Å²) >= 11 is 0. The fraction of sp³-hybridized carbons (Fsp3) is 0.562. The van der Waals surface area contributed by atoms with Crippen LogP contribution >= 0.6 is 0 Å². The summed E-state index contributed by atoms with van der Waals surface area (Å²) < 4.78 is 11.1. The van der Waals surface area contributed by atoms with Crippen LogP contribution in [0.25, 0.3) is 0 Å². The molecular weight excluding hydrogens is 268 g/mol. The Morgan fingerprint density at radius 1 is 1.29 bits per heavy atom. The van der Waals surface area contributed by atoms with Crippen molar-refractivity contribution < 1.29 is 14.3 Å². The first-order chi connectivity index (χ1) is 10.1. The van der Waals surface area contributed by atoms with Crippen LogP contribution in [0, 0.1) is 5.92 Å². The fourth-order valence-electron chi connectivity index (χ4n) is 1.77. The molecule has 0 bridgehead atoms. The largest absolute Gasteiger partial charge is 0.490 e. The zero-order chi connectivity index (χ0) is 15.7. The molecule has 0 aromatic heterocycles. The predicted octanol–water partition coefficient (Wildman–Crippen LogP) is 1.74. The molecule has 0 radical (unpaired) electrons. The number of ether oxygens (including phenoxy) is 2. The van der Waals surface area contributed by atoms with Gasteiger partial charge in [0, 0.05) is 6.54 Å². The van der Waals surface area contributed by atoms with E-state index in [1.165, 1.54) is 0 Å². The van der Waals surface area contributed by atoms with Crippen LogP contribution in [-0.2, 0) is 11.2 Å². The van der Waals surface area contributed by atoms with Crippen molar-refractivity contribution in [2.75, 3.05) is 26.3 Å². The van der Waals surface area contributed by atoms with Crippen molar-refractivity contribution in [3.05, 3.63) is 23.8 Å². The first-order valence-corrected chi connectivity index (χ1v) is 7.42. The number of rotatable bonds is 9. The number of carbonyl (C=O) groups excluding carboxylic acids is 1. The summed E-state index contributed by atoms with van der Waals surface area (Å²) in [5.74, 6) is 1.53. The van der Waals surface area contributed by atoms with Crippen LogP contribution in [0.2, 0.25) is 0 Å². The number of carbonyl (C=O) groups is 1. The summed E-state index contributed by atoms with van der Waals surface area (Å²) in [5.41, 5.74) is 6.65. The summed E-state index contributed by atoms with van der Waals surface area (Å²) in [4.78, 5) is 11.7. The molecule has 3 N–H and O–H groups in total. The smallest absolute Gasteiger partial charge is 0.257 e. The van der Waals surface area contributed by atoms with Crippen LogP contribution in [-0.4, -0.2) is 32.2 Å². The van der Waals surface area contributed by atoms with E-state index in [0.29, 0.717) is 37.1 Å². The number of nitrogens with one attached hydrogen (secondary N) is 1. The zero-order valence-corrected chi connectivity index (χ0v) is 13.1. The van der Waals surface area contributed by atoms with Gasteiger partial charge in [0.1, 0.15) is 0 Å². The van der Waals surface area contributed by atoms with Gasteiger partial charge < -0.3 is 20.5 Å². The van der Waals surface area contributed by atoms with Crippen LogP contribution < -0.4 is 20.5 Å². The van der Waals surface area contributed by atoms with Crippen molar-refractivity contribution in [2.24, 2.45) is 11.7 Å². The van der Waals surface area contributed by atoms with Crippen LogP contribution in [0.1, 0.15) is 26.3 Å². The van der Waals surface area contributed by atoms with Gasteiger partial charge in [-0.3, -0.25) is 4.79 Å². The molecule has 21 heavy (non-hydrogen) atoms. The van der Waals surface area contributed by atoms with Gasteiger partial charge in [-0.1, -0.05) is 19.9 Å². The summed E-state index contributed by atoms with van der Waals surface area (Å²) in [6.07, 6.45) is 0.787. The van der Waals surface area contributed by atoms with Gasteiger partial charge in [0.05, 0.1) is 6.61 Å². The molecule has 0 saturated heterocycles. The van der Waals surface area contributed by atoms with Gasteiger partial charge in [-0.25, -0.2) is 0 Å². The maximum absolute atomic E-state index is 11.7. The second-order valence-corrected chi connectivity index (χ2v) is 5.24. The van der Waals surface area contributed by atoms with Crippen LogP contribution in [0.5, 0.6) is 11.5 Å². The standard InChI is InChI=1S/C16H26N2O3/c1-4-20-15-9-13(7-8-17)5-6-14(15)21-11-16(19)18-10-12(2)3/h5-6,9,12H,4,7-8,10-11,17H2,1-3H3,(H,18,19). The van der Waals surface area contributed by atoms with Crippen LogP contribution in [0.3, 0.4) is 0 Å². The van der Waals surface area contributed by atoms with Gasteiger partial charge >= 0.3 is 0 Å². The third kappa shape index (κ3) is 6.49. The first-order valence-electron chi connectivity index (χ1n) is 7.42. The van der Waals surface area contributed by atoms with Gasteiger partial charge in [-0.2, -0.15) is 0 Å². The van der Waals surface area contributed by atoms with E-state index in [2.05, 4.69) is 5.32 Å². The Balaban J connectivity index is 2.62. The third-order valence-electron chi connectivity index (χ3n) is 2.81. The Morgan fingerprint density at radius 3 is 2.67 bits per heavy atom. The van der Waals surface area contributed by atoms with E-state index in [0.717, 1.165) is 12.0 Å². The Bertz CT molecular complexity index is 447. The molecule has 0 atom stereocenters. The van der Waals surface area contributed by atoms with Gasteiger partial charge in [0.2, 0.25) is 0 Å². The highest BCUT2D eigenvalue weighted by atomic mass is 16.5. The molecule has 0 unspecified atom stereocenters. The maximum atomic E-state index is 11.7. The molecular formula is C16H26N2O3. The Labute approximate surface area is 126 Å². The molecule has 118 valence electrons. The van der Waals surface area contributed by atoms with E-state index < -0.39 is 0 Å². The topological polar surface area (TPSA) is 73.6 Å². The van der Waals surface area contributed by atoms with Gasteiger partial charge in [0.25, 0.3) is 5.91 Å². The number of hydrogen-bond acceptors (Lipinski definition) is 4. The Hall–Kier alpha value is -1.75. The lowest BCUT2D eigenvalue weighted by Gasteiger charge is -2.13. The highest BCUT2D eigenvalue weighted by Crippen LogP contribution is 2.28. The molecule has 1 rings (SSSR count). The molecule has 5 heteroatoms. The summed E-state index contributed by atoms with van der Waals surface area (Å²) in [6, 6.07) is 5.68. The quantitative estimate of drug-likeness (QED) is 0.727. The van der Waals surface area contributed by atoms with Crippen molar-refractivity contribution in [2.45, 2.75) is 27.2 Å². The second-order valence-electron chi connectivity index (χ2n) is 5.24. The minimum atomic E-state index is -0.128. The minimum Gasteiger partial charge on any atom is -0.490 e. The lowest BCUT2D eigenvalue weighted by molar-refractivity contribution is -0.123. The van der Waals surface area contributed by atoms with E-state index in [1.807, 2.05) is 39.0 Å². The number of nitrogens with two attached hydrogens (primary N) is 1. The maximum Gasteiger partial charge on any atom is 0.257 e. The van der Waals surface area contributed by atoms with Gasteiger partial charge in [-0.15, -0.1) is 0 Å². The lowest BCUT2D eigenvalue weighted by Crippen LogP contribution is -2.31. The van der Waals surface area contributed by atoms with E-state index in [4.69, 9.17) is 15.2 Å². The molecule has 1 aromatic rings. The summed E-state index contributed by atoms with van der Waals surface area (Å²) in [7, 11) is 0. The summed E-state index contributed by atoms with van der Waals surface area (Å²) in [5, 5.41) is 2.81. The van der Waals surface area contributed by atoms with Crippen molar-refractivity contribution in [3.8, 4) is 11.5 Å². The van der Waals surface area contributed by atoms with E-state index in [9.17, 15) is 4.79 Å². The fourth-order valence-corrected chi connectivity index (χ4v) is 1.77. The van der Waals surface area contributed by atoms with Crippen LogP contribution in [0.4, 0.5) is 0 Å². The van der Waals surface area contributed by atoms with Gasteiger partial charge in [0.15, 0.2) is 18.1 Å². The SMILES string of the molecule is CCOc1cc(CCN)ccc1OCC(=O)NCC(C)C. The Morgan fingerprint density at radius 2 is 2.05 bits per heavy atom. The first kappa shape index (κ1) is 17.3. The monoisotopic (exact) mass is 294 g/mol. The Kier molecular flexibility index (Phi) is 7.61. The average molecular weight is 294 g/mol. The lowest BCUT2D eigenvalue weighted by atomic mass is 10.1. The molecule has 0 fully saturated rings. The van der Waals surface area contributed by atoms with Crippen LogP contribution in [0.15, 0.2) is 18.2 Å². The highest BCUT2D eigenvalue weighted by molar-refractivity contribution is 5.77. The molecule has 1 amide bonds.